The number of amides is 3. The molecule has 1 saturated heterocycles. The number of esters is 1. The molecule has 2 aliphatic rings. The number of carbonyl (C=O) groups excluding carboxylic acids is 3. The monoisotopic (exact) mass is 434 g/mol. The number of ether oxygens (including phenoxy) is 1. The van der Waals surface area contributed by atoms with Gasteiger partial charge in [0.25, 0.3) is 0 Å². The topological polar surface area (TPSA) is 118 Å². The first-order valence-corrected chi connectivity index (χ1v) is 11.2. The van der Waals surface area contributed by atoms with E-state index in [0.717, 1.165) is 38.8 Å². The summed E-state index contributed by atoms with van der Waals surface area (Å²) in [6.07, 6.45) is 8.75. The highest BCUT2D eigenvalue weighted by Gasteiger charge is 2.25. The summed E-state index contributed by atoms with van der Waals surface area (Å²) in [5.74, 6) is -0.390. The quantitative estimate of drug-likeness (QED) is 0.562. The van der Waals surface area contributed by atoms with E-state index in [0.29, 0.717) is 11.9 Å². The van der Waals surface area contributed by atoms with Crippen LogP contribution < -0.4 is 16.0 Å². The largest absolute Gasteiger partial charge is 0.462 e. The Balaban J connectivity index is 1.41. The van der Waals surface area contributed by atoms with Crippen LogP contribution in [0.2, 0.25) is 0 Å². The molecule has 10 heteroatoms. The molecule has 1 aliphatic heterocycles. The highest BCUT2D eigenvalue weighted by Crippen LogP contribution is 2.18. The van der Waals surface area contributed by atoms with Crippen molar-refractivity contribution >= 4 is 23.7 Å². The van der Waals surface area contributed by atoms with Gasteiger partial charge in [0.15, 0.2) is 0 Å². The number of carbonyl (C=O) groups is 3. The van der Waals surface area contributed by atoms with Crippen molar-refractivity contribution in [2.24, 2.45) is 7.05 Å². The number of rotatable bonds is 7. The standard InChI is InChI=1S/C21H34N6O4/c1-3-31-20(29)17-13-22-26(2)19(17)25-18(28)14-27-11-9-16(10-12-27)24-21(30)23-15-7-5-4-6-8-15/h13,15-16H,3-12,14H2,1-2H3,(H,25,28)(H2,23,24,30). The Kier molecular flexibility index (Phi) is 8.27. The summed E-state index contributed by atoms with van der Waals surface area (Å²) < 4.78 is 6.46. The highest BCUT2D eigenvalue weighted by molar-refractivity contribution is 6.00. The van der Waals surface area contributed by atoms with E-state index in [-0.39, 0.29) is 36.7 Å². The van der Waals surface area contributed by atoms with Crippen LogP contribution in [-0.4, -0.2) is 70.9 Å². The maximum Gasteiger partial charge on any atom is 0.343 e. The maximum absolute atomic E-state index is 12.5. The molecule has 10 nitrogen and oxygen atoms in total. The zero-order chi connectivity index (χ0) is 22.2. The fourth-order valence-corrected chi connectivity index (χ4v) is 4.21. The third-order valence-corrected chi connectivity index (χ3v) is 5.92. The Morgan fingerprint density at radius 1 is 1.06 bits per heavy atom. The number of aryl methyl sites for hydroxylation is 1. The van der Waals surface area contributed by atoms with Gasteiger partial charge in [-0.25, -0.2) is 9.59 Å². The average molecular weight is 435 g/mol. The summed E-state index contributed by atoms with van der Waals surface area (Å²) in [5.41, 5.74) is 0.240. The molecule has 31 heavy (non-hydrogen) atoms. The number of urea groups is 1. The summed E-state index contributed by atoms with van der Waals surface area (Å²) in [6, 6.07) is 0.338. The van der Waals surface area contributed by atoms with Gasteiger partial charge < -0.3 is 20.7 Å². The summed E-state index contributed by atoms with van der Waals surface area (Å²) in [7, 11) is 1.66. The van der Waals surface area contributed by atoms with E-state index < -0.39 is 5.97 Å². The van der Waals surface area contributed by atoms with Crippen LogP contribution >= 0.6 is 0 Å². The SMILES string of the molecule is CCOC(=O)c1cnn(C)c1NC(=O)CN1CCC(NC(=O)NC2CCCCC2)CC1. The van der Waals surface area contributed by atoms with Gasteiger partial charge in [-0.1, -0.05) is 19.3 Å². The Morgan fingerprint density at radius 3 is 2.35 bits per heavy atom. The van der Waals surface area contributed by atoms with E-state index in [4.69, 9.17) is 4.74 Å². The third kappa shape index (κ3) is 6.68. The molecule has 0 radical (unpaired) electrons. The first-order valence-electron chi connectivity index (χ1n) is 11.2. The van der Waals surface area contributed by atoms with Gasteiger partial charge in [-0.15, -0.1) is 0 Å². The van der Waals surface area contributed by atoms with E-state index in [1.165, 1.54) is 30.1 Å². The molecule has 0 aromatic carbocycles. The second-order valence-electron chi connectivity index (χ2n) is 8.30. The first-order chi connectivity index (χ1) is 15.0. The normalized spacial score (nSPS) is 18.4. The van der Waals surface area contributed by atoms with Crippen LogP contribution in [0.25, 0.3) is 0 Å². The predicted octanol–water partition coefficient (Wildman–Crippen LogP) is 1.63. The van der Waals surface area contributed by atoms with Crippen molar-refractivity contribution in [3.8, 4) is 0 Å². The molecule has 1 aromatic rings. The lowest BCUT2D eigenvalue weighted by Crippen LogP contribution is -2.51. The Bertz CT molecular complexity index is 766. The minimum absolute atomic E-state index is 0.0780. The van der Waals surface area contributed by atoms with Crippen molar-refractivity contribution in [2.45, 2.75) is 64.0 Å². The van der Waals surface area contributed by atoms with Crippen LogP contribution in [0.15, 0.2) is 6.20 Å². The number of likely N-dealkylation sites (tertiary alicyclic amines) is 1. The summed E-state index contributed by atoms with van der Waals surface area (Å²) in [5, 5.41) is 13.0. The number of nitrogens with one attached hydrogen (secondary N) is 3. The second-order valence-corrected chi connectivity index (χ2v) is 8.30. The first kappa shape index (κ1) is 23.1. The highest BCUT2D eigenvalue weighted by atomic mass is 16.5. The fraction of sp³-hybridized carbons (Fsp3) is 0.714. The molecular weight excluding hydrogens is 400 g/mol. The Hall–Kier alpha value is -2.62. The van der Waals surface area contributed by atoms with Crippen LogP contribution in [-0.2, 0) is 16.6 Å². The number of hydrogen-bond acceptors (Lipinski definition) is 6. The van der Waals surface area contributed by atoms with Gasteiger partial charge in [-0.2, -0.15) is 5.10 Å². The maximum atomic E-state index is 12.5. The second kappa shape index (κ2) is 11.1. The molecule has 3 amide bonds. The molecule has 0 spiro atoms. The van der Waals surface area contributed by atoms with Gasteiger partial charge in [-0.05, 0) is 32.6 Å². The number of nitrogens with zero attached hydrogens (tertiary/aromatic N) is 3. The van der Waals surface area contributed by atoms with Gasteiger partial charge >= 0.3 is 12.0 Å². The molecule has 0 unspecified atom stereocenters. The molecule has 1 aromatic heterocycles. The van der Waals surface area contributed by atoms with Crippen molar-refractivity contribution in [3.63, 3.8) is 0 Å². The number of aromatic nitrogens is 2. The average Bonchev–Trinajstić information content (AvgIpc) is 3.10. The summed E-state index contributed by atoms with van der Waals surface area (Å²) in [4.78, 5) is 38.8. The van der Waals surface area contributed by atoms with Crippen molar-refractivity contribution in [2.75, 3.05) is 31.6 Å². The van der Waals surface area contributed by atoms with Crippen molar-refractivity contribution in [3.05, 3.63) is 11.8 Å². The molecule has 2 heterocycles. The van der Waals surface area contributed by atoms with E-state index in [1.54, 1.807) is 14.0 Å². The fourth-order valence-electron chi connectivity index (χ4n) is 4.21. The van der Waals surface area contributed by atoms with Gasteiger partial charge in [0, 0.05) is 32.2 Å². The molecule has 0 atom stereocenters. The molecule has 3 rings (SSSR count). The molecule has 2 fully saturated rings. The van der Waals surface area contributed by atoms with Gasteiger partial charge in [0.1, 0.15) is 11.4 Å². The van der Waals surface area contributed by atoms with Crippen LogP contribution in [0.4, 0.5) is 10.6 Å². The van der Waals surface area contributed by atoms with E-state index >= 15 is 0 Å². The summed E-state index contributed by atoms with van der Waals surface area (Å²) >= 11 is 0. The summed E-state index contributed by atoms with van der Waals surface area (Å²) in [6.45, 7) is 3.64. The molecule has 3 N–H and O–H groups in total. The van der Waals surface area contributed by atoms with Gasteiger partial charge in [0.2, 0.25) is 5.91 Å². The third-order valence-electron chi connectivity index (χ3n) is 5.92. The van der Waals surface area contributed by atoms with Crippen LogP contribution in [0.1, 0.15) is 62.2 Å². The zero-order valence-corrected chi connectivity index (χ0v) is 18.5. The Labute approximate surface area is 183 Å². The van der Waals surface area contributed by atoms with Crippen LogP contribution in [0.3, 0.4) is 0 Å². The molecule has 1 aliphatic carbocycles. The minimum Gasteiger partial charge on any atom is -0.462 e. The van der Waals surface area contributed by atoms with E-state index in [1.807, 2.05) is 4.90 Å². The molecule has 172 valence electrons. The number of anilines is 1. The number of piperidine rings is 1. The van der Waals surface area contributed by atoms with Gasteiger partial charge in [0.05, 0.1) is 19.3 Å². The molecular formula is C21H34N6O4. The van der Waals surface area contributed by atoms with Crippen molar-refractivity contribution in [1.29, 1.82) is 0 Å². The zero-order valence-electron chi connectivity index (χ0n) is 18.5. The number of hydrogen-bond donors (Lipinski definition) is 3. The lowest BCUT2D eigenvalue weighted by atomic mass is 9.96. The Morgan fingerprint density at radius 2 is 1.71 bits per heavy atom. The minimum atomic E-state index is -0.510. The van der Waals surface area contributed by atoms with Crippen molar-refractivity contribution in [1.82, 2.24) is 25.3 Å². The molecule has 0 bridgehead atoms. The lowest BCUT2D eigenvalue weighted by molar-refractivity contribution is -0.117. The van der Waals surface area contributed by atoms with Crippen molar-refractivity contribution < 1.29 is 19.1 Å². The van der Waals surface area contributed by atoms with Crippen LogP contribution in [0.5, 0.6) is 0 Å². The van der Waals surface area contributed by atoms with Crippen LogP contribution in [0, 0.1) is 0 Å². The smallest absolute Gasteiger partial charge is 0.343 e. The molecule has 1 saturated carbocycles. The lowest BCUT2D eigenvalue weighted by Gasteiger charge is -2.32. The van der Waals surface area contributed by atoms with Gasteiger partial charge in [-0.3, -0.25) is 14.4 Å². The predicted molar refractivity (Wildman–Crippen MR) is 116 cm³/mol. The van der Waals surface area contributed by atoms with E-state index in [2.05, 4.69) is 21.0 Å². The van der Waals surface area contributed by atoms with E-state index in [9.17, 15) is 14.4 Å².